The molecule has 0 amide bonds. The third kappa shape index (κ3) is 2.72. The molecule has 1 rings (SSSR count). The molecule has 0 atom stereocenters. The van der Waals surface area contributed by atoms with Crippen LogP contribution in [0.4, 0.5) is 5.82 Å². The minimum absolute atomic E-state index is 0.660. The molecule has 0 saturated carbocycles. The molecule has 0 aliphatic heterocycles. The second kappa shape index (κ2) is 4.35. The third-order valence-corrected chi connectivity index (χ3v) is 1.20. The van der Waals surface area contributed by atoms with Gasteiger partial charge < -0.3 is 5.32 Å². The van der Waals surface area contributed by atoms with Gasteiger partial charge in [-0.3, -0.25) is 0 Å². The van der Waals surface area contributed by atoms with Gasteiger partial charge in [0.25, 0.3) is 0 Å². The Morgan fingerprint density at radius 2 is 2.45 bits per heavy atom. The van der Waals surface area contributed by atoms with Crippen LogP contribution in [0.5, 0.6) is 0 Å². The van der Waals surface area contributed by atoms with Crippen LogP contribution in [0.25, 0.3) is 0 Å². The van der Waals surface area contributed by atoms with E-state index < -0.39 is 0 Å². The number of nitrogens with one attached hydrogen (secondary N) is 1. The molecule has 0 unspecified atom stereocenters. The van der Waals surface area contributed by atoms with Crippen LogP contribution in [0.3, 0.4) is 0 Å². The van der Waals surface area contributed by atoms with E-state index in [1.807, 2.05) is 25.1 Å². The normalized spacial score (nSPS) is 8.09. The van der Waals surface area contributed by atoms with Gasteiger partial charge in [0, 0.05) is 6.20 Å². The molecule has 1 heterocycles. The molecule has 0 aliphatic rings. The van der Waals surface area contributed by atoms with Crippen LogP contribution < -0.4 is 5.32 Å². The zero-order valence-corrected chi connectivity index (χ0v) is 6.46. The summed E-state index contributed by atoms with van der Waals surface area (Å²) in [6.45, 7) is 2.48. The van der Waals surface area contributed by atoms with Crippen LogP contribution in [0.2, 0.25) is 0 Å². The van der Waals surface area contributed by atoms with Crippen LogP contribution in [0.1, 0.15) is 6.92 Å². The standard InChI is InChI=1S/C9H10N2/c1-2-3-7-10-9-6-4-5-8-11-9/h4-6,8H,7H2,1H3,(H,10,11). The van der Waals surface area contributed by atoms with E-state index in [1.165, 1.54) is 0 Å². The average Bonchev–Trinajstić information content (AvgIpc) is 2.07. The zero-order valence-electron chi connectivity index (χ0n) is 6.46. The fourth-order valence-corrected chi connectivity index (χ4v) is 0.690. The molecule has 1 aromatic rings. The highest BCUT2D eigenvalue weighted by molar-refractivity contribution is 5.34. The van der Waals surface area contributed by atoms with E-state index in [4.69, 9.17) is 0 Å². The first-order valence-corrected chi connectivity index (χ1v) is 3.48. The highest BCUT2D eigenvalue weighted by atomic mass is 15.0. The van der Waals surface area contributed by atoms with Gasteiger partial charge in [-0.1, -0.05) is 12.0 Å². The summed E-state index contributed by atoms with van der Waals surface area (Å²) >= 11 is 0. The molecule has 0 fully saturated rings. The summed E-state index contributed by atoms with van der Waals surface area (Å²) in [4.78, 5) is 4.07. The Labute approximate surface area is 66.7 Å². The van der Waals surface area contributed by atoms with Gasteiger partial charge in [0.15, 0.2) is 0 Å². The first-order valence-electron chi connectivity index (χ1n) is 3.48. The molecule has 0 saturated heterocycles. The smallest absolute Gasteiger partial charge is 0.126 e. The van der Waals surface area contributed by atoms with Crippen LogP contribution in [-0.2, 0) is 0 Å². The first kappa shape index (κ1) is 7.62. The average molecular weight is 146 g/mol. The fourth-order valence-electron chi connectivity index (χ4n) is 0.690. The largest absolute Gasteiger partial charge is 0.359 e. The lowest BCUT2D eigenvalue weighted by Crippen LogP contribution is -1.99. The number of anilines is 1. The quantitative estimate of drug-likeness (QED) is 0.640. The Balaban J connectivity index is 2.43. The number of hydrogen-bond acceptors (Lipinski definition) is 2. The molecular formula is C9H10N2. The van der Waals surface area contributed by atoms with E-state index in [9.17, 15) is 0 Å². The lowest BCUT2D eigenvalue weighted by molar-refractivity contribution is 1.24. The van der Waals surface area contributed by atoms with Crippen LogP contribution >= 0.6 is 0 Å². The summed E-state index contributed by atoms with van der Waals surface area (Å²) < 4.78 is 0. The van der Waals surface area contributed by atoms with Crippen LogP contribution in [0.15, 0.2) is 24.4 Å². The van der Waals surface area contributed by atoms with Crippen molar-refractivity contribution in [3.63, 3.8) is 0 Å². The Kier molecular flexibility index (Phi) is 3.01. The molecule has 2 nitrogen and oxygen atoms in total. The SMILES string of the molecule is CC#CCNc1ccccn1. The molecule has 0 radical (unpaired) electrons. The zero-order chi connectivity index (χ0) is 7.94. The Morgan fingerprint density at radius 3 is 3.09 bits per heavy atom. The van der Waals surface area contributed by atoms with Gasteiger partial charge >= 0.3 is 0 Å². The molecule has 0 aromatic carbocycles. The Bertz CT molecular complexity index is 256. The predicted molar refractivity (Wildman–Crippen MR) is 46.2 cm³/mol. The number of pyridine rings is 1. The number of hydrogen-bond donors (Lipinski definition) is 1. The summed E-state index contributed by atoms with van der Waals surface area (Å²) in [5.41, 5.74) is 0. The number of nitrogens with zero attached hydrogens (tertiary/aromatic N) is 1. The second-order valence-corrected chi connectivity index (χ2v) is 2.00. The summed E-state index contributed by atoms with van der Waals surface area (Å²) in [6.07, 6.45) is 1.75. The van der Waals surface area contributed by atoms with E-state index in [-0.39, 0.29) is 0 Å². The van der Waals surface area contributed by atoms with Crippen molar-refractivity contribution in [3.05, 3.63) is 24.4 Å². The Hall–Kier alpha value is -1.49. The highest BCUT2D eigenvalue weighted by Gasteiger charge is 1.84. The summed E-state index contributed by atoms with van der Waals surface area (Å²) in [5, 5.41) is 3.06. The topological polar surface area (TPSA) is 24.9 Å². The summed E-state index contributed by atoms with van der Waals surface area (Å²) in [6, 6.07) is 5.74. The maximum Gasteiger partial charge on any atom is 0.126 e. The molecule has 1 N–H and O–H groups in total. The third-order valence-electron chi connectivity index (χ3n) is 1.20. The van der Waals surface area contributed by atoms with Gasteiger partial charge in [-0.25, -0.2) is 4.98 Å². The van der Waals surface area contributed by atoms with Crippen molar-refractivity contribution in [3.8, 4) is 11.8 Å². The van der Waals surface area contributed by atoms with Crippen molar-refractivity contribution in [2.24, 2.45) is 0 Å². The van der Waals surface area contributed by atoms with E-state index in [1.54, 1.807) is 6.20 Å². The first-order chi connectivity index (χ1) is 5.43. The van der Waals surface area contributed by atoms with Gasteiger partial charge in [0.05, 0.1) is 6.54 Å². The van der Waals surface area contributed by atoms with Gasteiger partial charge in [-0.2, -0.15) is 0 Å². The van der Waals surface area contributed by atoms with Crippen molar-refractivity contribution in [1.82, 2.24) is 4.98 Å². The maximum absolute atomic E-state index is 4.07. The molecule has 11 heavy (non-hydrogen) atoms. The van der Waals surface area contributed by atoms with Crippen LogP contribution in [-0.4, -0.2) is 11.5 Å². The fraction of sp³-hybridized carbons (Fsp3) is 0.222. The molecule has 0 aliphatic carbocycles. The van der Waals surface area contributed by atoms with Crippen molar-refractivity contribution in [2.75, 3.05) is 11.9 Å². The number of rotatable bonds is 2. The lowest BCUT2D eigenvalue weighted by atomic mass is 10.4. The maximum atomic E-state index is 4.07. The molecule has 0 bridgehead atoms. The van der Waals surface area contributed by atoms with Crippen molar-refractivity contribution >= 4 is 5.82 Å². The van der Waals surface area contributed by atoms with E-state index in [0.29, 0.717) is 6.54 Å². The van der Waals surface area contributed by atoms with Gasteiger partial charge in [0.1, 0.15) is 5.82 Å². The van der Waals surface area contributed by atoms with Gasteiger partial charge in [-0.15, -0.1) is 5.92 Å². The lowest BCUT2D eigenvalue weighted by Gasteiger charge is -1.97. The minimum atomic E-state index is 0.660. The van der Waals surface area contributed by atoms with E-state index in [2.05, 4.69) is 22.1 Å². The van der Waals surface area contributed by atoms with Crippen molar-refractivity contribution in [2.45, 2.75) is 6.92 Å². The predicted octanol–water partition coefficient (Wildman–Crippen LogP) is 1.52. The monoisotopic (exact) mass is 146 g/mol. The highest BCUT2D eigenvalue weighted by Crippen LogP contribution is 1.97. The van der Waals surface area contributed by atoms with Crippen LogP contribution in [0, 0.1) is 11.8 Å². The van der Waals surface area contributed by atoms with E-state index >= 15 is 0 Å². The Morgan fingerprint density at radius 1 is 1.55 bits per heavy atom. The molecular weight excluding hydrogens is 136 g/mol. The summed E-state index contributed by atoms with van der Waals surface area (Å²) in [5.74, 6) is 6.56. The van der Waals surface area contributed by atoms with Gasteiger partial charge in [0.2, 0.25) is 0 Å². The molecule has 0 spiro atoms. The van der Waals surface area contributed by atoms with Crippen molar-refractivity contribution in [1.29, 1.82) is 0 Å². The second-order valence-electron chi connectivity index (χ2n) is 2.00. The van der Waals surface area contributed by atoms with E-state index in [0.717, 1.165) is 5.82 Å². The molecule has 2 heteroatoms. The number of aromatic nitrogens is 1. The molecule has 1 aromatic heterocycles. The summed E-state index contributed by atoms with van der Waals surface area (Å²) in [7, 11) is 0. The minimum Gasteiger partial charge on any atom is -0.359 e. The molecule has 56 valence electrons. The van der Waals surface area contributed by atoms with Crippen molar-refractivity contribution < 1.29 is 0 Å². The van der Waals surface area contributed by atoms with Gasteiger partial charge in [-0.05, 0) is 19.1 Å².